The SMILES string of the molecule is COCCCN=C(NN)NC(C)C1CCC1. The second-order valence-electron chi connectivity index (χ2n) is 4.35. The van der Waals surface area contributed by atoms with Gasteiger partial charge in [0, 0.05) is 26.3 Å². The van der Waals surface area contributed by atoms with Crippen LogP contribution >= 0.6 is 0 Å². The molecule has 1 rings (SSSR count). The van der Waals surface area contributed by atoms with Gasteiger partial charge >= 0.3 is 0 Å². The summed E-state index contributed by atoms with van der Waals surface area (Å²) in [7, 11) is 1.70. The number of hydrazine groups is 1. The van der Waals surface area contributed by atoms with E-state index in [9.17, 15) is 0 Å². The summed E-state index contributed by atoms with van der Waals surface area (Å²) in [4.78, 5) is 4.35. The van der Waals surface area contributed by atoms with Gasteiger partial charge in [0.25, 0.3) is 0 Å². The van der Waals surface area contributed by atoms with Crippen molar-refractivity contribution in [1.29, 1.82) is 0 Å². The number of hydrogen-bond donors (Lipinski definition) is 3. The molecule has 0 saturated heterocycles. The molecule has 94 valence electrons. The smallest absolute Gasteiger partial charge is 0.205 e. The molecular weight excluding hydrogens is 204 g/mol. The van der Waals surface area contributed by atoms with Crippen LogP contribution in [0.25, 0.3) is 0 Å². The van der Waals surface area contributed by atoms with Gasteiger partial charge in [-0.05, 0) is 32.1 Å². The molecule has 1 aliphatic rings. The summed E-state index contributed by atoms with van der Waals surface area (Å²) >= 11 is 0. The first-order chi connectivity index (χ1) is 7.77. The molecule has 5 nitrogen and oxygen atoms in total. The highest BCUT2D eigenvalue weighted by atomic mass is 16.5. The molecule has 1 saturated carbocycles. The highest BCUT2D eigenvalue weighted by Gasteiger charge is 2.24. The quantitative estimate of drug-likeness (QED) is 0.205. The van der Waals surface area contributed by atoms with Gasteiger partial charge in [0.2, 0.25) is 5.96 Å². The maximum Gasteiger partial charge on any atom is 0.205 e. The zero-order valence-corrected chi connectivity index (χ0v) is 10.3. The molecule has 5 heteroatoms. The number of nitrogens with one attached hydrogen (secondary N) is 2. The first-order valence-electron chi connectivity index (χ1n) is 6.04. The zero-order chi connectivity index (χ0) is 11.8. The first-order valence-corrected chi connectivity index (χ1v) is 6.04. The Morgan fingerprint density at radius 3 is 2.81 bits per heavy atom. The van der Waals surface area contributed by atoms with Gasteiger partial charge in [-0.15, -0.1) is 0 Å². The number of ether oxygens (including phenoxy) is 1. The van der Waals surface area contributed by atoms with Crippen LogP contribution in [0.4, 0.5) is 0 Å². The third kappa shape index (κ3) is 4.37. The summed E-state index contributed by atoms with van der Waals surface area (Å²) in [6, 6.07) is 0.450. The van der Waals surface area contributed by atoms with E-state index in [-0.39, 0.29) is 0 Å². The maximum atomic E-state index is 5.42. The van der Waals surface area contributed by atoms with Crippen LogP contribution in [-0.4, -0.2) is 32.3 Å². The van der Waals surface area contributed by atoms with Gasteiger partial charge < -0.3 is 10.1 Å². The fourth-order valence-corrected chi connectivity index (χ4v) is 1.81. The molecule has 0 bridgehead atoms. The maximum absolute atomic E-state index is 5.42. The molecule has 1 aliphatic carbocycles. The Balaban J connectivity index is 2.23. The molecule has 1 atom stereocenters. The Hall–Kier alpha value is -0.810. The highest BCUT2D eigenvalue weighted by molar-refractivity contribution is 5.79. The molecule has 0 heterocycles. The number of nitrogens with two attached hydrogens (primary N) is 1. The van der Waals surface area contributed by atoms with Crippen molar-refractivity contribution in [2.45, 2.75) is 38.6 Å². The van der Waals surface area contributed by atoms with E-state index >= 15 is 0 Å². The molecule has 0 aromatic heterocycles. The summed E-state index contributed by atoms with van der Waals surface area (Å²) in [5, 5.41) is 3.32. The minimum absolute atomic E-state index is 0.450. The number of hydrogen-bond acceptors (Lipinski definition) is 3. The van der Waals surface area contributed by atoms with Crippen molar-refractivity contribution in [3.05, 3.63) is 0 Å². The average Bonchev–Trinajstić information content (AvgIpc) is 2.20. The van der Waals surface area contributed by atoms with E-state index in [1.165, 1.54) is 19.3 Å². The van der Waals surface area contributed by atoms with Gasteiger partial charge in [0.05, 0.1) is 0 Å². The van der Waals surface area contributed by atoms with E-state index in [0.717, 1.165) is 25.5 Å². The lowest BCUT2D eigenvalue weighted by Crippen LogP contribution is -2.49. The number of aliphatic imine (C=N–C) groups is 1. The van der Waals surface area contributed by atoms with Crippen molar-refractivity contribution in [2.75, 3.05) is 20.3 Å². The second-order valence-corrected chi connectivity index (χ2v) is 4.35. The fraction of sp³-hybridized carbons (Fsp3) is 0.909. The van der Waals surface area contributed by atoms with E-state index in [1.807, 2.05) is 0 Å². The summed E-state index contributed by atoms with van der Waals surface area (Å²) in [5.41, 5.74) is 2.61. The number of rotatable bonds is 6. The molecule has 0 aromatic carbocycles. The van der Waals surface area contributed by atoms with Gasteiger partial charge in [0.1, 0.15) is 0 Å². The predicted octanol–water partition coefficient (Wildman–Crippen LogP) is 0.620. The van der Waals surface area contributed by atoms with Crippen LogP contribution in [0.1, 0.15) is 32.6 Å². The lowest BCUT2D eigenvalue weighted by Gasteiger charge is -2.32. The summed E-state index contributed by atoms with van der Waals surface area (Å²) in [6.07, 6.45) is 4.90. The van der Waals surface area contributed by atoms with Crippen molar-refractivity contribution < 1.29 is 4.74 Å². The lowest BCUT2D eigenvalue weighted by molar-refractivity contribution is 0.197. The van der Waals surface area contributed by atoms with Gasteiger partial charge in [0.15, 0.2) is 0 Å². The predicted molar refractivity (Wildman–Crippen MR) is 66.1 cm³/mol. The molecule has 1 fully saturated rings. The Labute approximate surface area is 97.8 Å². The number of methoxy groups -OCH3 is 1. The minimum atomic E-state index is 0.450. The van der Waals surface area contributed by atoms with Crippen LogP contribution < -0.4 is 16.6 Å². The molecule has 4 N–H and O–H groups in total. The molecule has 0 amide bonds. The summed E-state index contributed by atoms with van der Waals surface area (Å²) < 4.78 is 4.96. The molecule has 16 heavy (non-hydrogen) atoms. The van der Waals surface area contributed by atoms with E-state index in [2.05, 4.69) is 22.7 Å². The number of guanidine groups is 1. The summed E-state index contributed by atoms with van der Waals surface area (Å²) in [5.74, 6) is 6.89. The van der Waals surface area contributed by atoms with Crippen LogP contribution in [0.15, 0.2) is 4.99 Å². The third-order valence-electron chi connectivity index (χ3n) is 3.13. The molecular formula is C11H24N4O. The van der Waals surface area contributed by atoms with E-state index in [4.69, 9.17) is 10.6 Å². The van der Waals surface area contributed by atoms with Crippen molar-refractivity contribution in [2.24, 2.45) is 16.8 Å². The Morgan fingerprint density at radius 2 is 2.31 bits per heavy atom. The second kappa shape index (κ2) is 7.46. The van der Waals surface area contributed by atoms with Crippen LogP contribution in [0, 0.1) is 5.92 Å². The van der Waals surface area contributed by atoms with Crippen LogP contribution in [-0.2, 0) is 4.74 Å². The van der Waals surface area contributed by atoms with Gasteiger partial charge in [-0.1, -0.05) is 6.42 Å². The third-order valence-corrected chi connectivity index (χ3v) is 3.13. The van der Waals surface area contributed by atoms with Crippen molar-refractivity contribution >= 4 is 5.96 Å². The average molecular weight is 228 g/mol. The van der Waals surface area contributed by atoms with Gasteiger partial charge in [-0.25, -0.2) is 5.84 Å². The molecule has 0 spiro atoms. The Bertz CT molecular complexity index is 216. The summed E-state index contributed by atoms with van der Waals surface area (Å²) in [6.45, 7) is 3.66. The van der Waals surface area contributed by atoms with Crippen LogP contribution in [0.3, 0.4) is 0 Å². The van der Waals surface area contributed by atoms with Gasteiger partial charge in [-0.2, -0.15) is 0 Å². The Kier molecular flexibility index (Phi) is 6.18. The highest BCUT2D eigenvalue weighted by Crippen LogP contribution is 2.29. The Morgan fingerprint density at radius 1 is 1.56 bits per heavy atom. The zero-order valence-electron chi connectivity index (χ0n) is 10.3. The largest absolute Gasteiger partial charge is 0.385 e. The van der Waals surface area contributed by atoms with Crippen molar-refractivity contribution in [3.8, 4) is 0 Å². The van der Waals surface area contributed by atoms with Crippen LogP contribution in [0.5, 0.6) is 0 Å². The van der Waals surface area contributed by atoms with Gasteiger partial charge in [-0.3, -0.25) is 10.4 Å². The molecule has 0 aromatic rings. The minimum Gasteiger partial charge on any atom is -0.385 e. The van der Waals surface area contributed by atoms with Crippen molar-refractivity contribution in [1.82, 2.24) is 10.7 Å². The van der Waals surface area contributed by atoms with E-state index in [1.54, 1.807) is 7.11 Å². The molecule has 0 aliphatic heterocycles. The van der Waals surface area contributed by atoms with Crippen molar-refractivity contribution in [3.63, 3.8) is 0 Å². The van der Waals surface area contributed by atoms with Crippen LogP contribution in [0.2, 0.25) is 0 Å². The normalized spacial score (nSPS) is 19.1. The first kappa shape index (κ1) is 13.3. The topological polar surface area (TPSA) is 71.7 Å². The molecule has 1 unspecified atom stereocenters. The monoisotopic (exact) mass is 228 g/mol. The van der Waals surface area contributed by atoms with E-state index in [0.29, 0.717) is 12.0 Å². The standard InChI is InChI=1S/C11H24N4O/c1-9(10-5-3-6-10)14-11(15-12)13-7-4-8-16-2/h9-10H,3-8,12H2,1-2H3,(H2,13,14,15). The lowest BCUT2D eigenvalue weighted by atomic mass is 9.80. The van der Waals surface area contributed by atoms with E-state index < -0.39 is 0 Å². The number of nitrogens with zero attached hydrogens (tertiary/aromatic N) is 1. The fourth-order valence-electron chi connectivity index (χ4n) is 1.81. The molecule has 0 radical (unpaired) electrons.